The van der Waals surface area contributed by atoms with E-state index in [2.05, 4.69) is 68.8 Å². The molecule has 7 heteroatoms. The molecular weight excluding hydrogens is 513 g/mol. The molecule has 38 heavy (non-hydrogen) atoms. The monoisotopic (exact) mass is 551 g/mol. The van der Waals surface area contributed by atoms with E-state index in [9.17, 15) is 0 Å². The first-order valence-corrected chi connectivity index (χ1v) is 14.7. The molecule has 0 amide bonds. The third kappa shape index (κ3) is 6.45. The molecule has 0 saturated carbocycles. The minimum atomic E-state index is 0.739. The molecule has 1 aromatic heterocycles. The Morgan fingerprint density at radius 3 is 2.18 bits per heavy atom. The van der Waals surface area contributed by atoms with Crippen molar-refractivity contribution in [2.24, 2.45) is 0 Å². The highest BCUT2D eigenvalue weighted by atomic mass is 35.5. The van der Waals surface area contributed by atoms with Crippen LogP contribution in [0.5, 0.6) is 0 Å². The molecule has 2 saturated heterocycles. The lowest BCUT2D eigenvalue weighted by molar-refractivity contribution is 0.162. The second-order valence-corrected chi connectivity index (χ2v) is 11.3. The lowest BCUT2D eigenvalue weighted by atomic mass is 10.0. The maximum atomic E-state index is 6.22. The molecule has 0 spiro atoms. The van der Waals surface area contributed by atoms with E-state index >= 15 is 0 Å². The molecular formula is C31H39Cl2N5. The first-order chi connectivity index (χ1) is 18.5. The van der Waals surface area contributed by atoms with Crippen LogP contribution in [0.3, 0.4) is 0 Å². The van der Waals surface area contributed by atoms with Crippen molar-refractivity contribution in [3.8, 4) is 0 Å². The van der Waals surface area contributed by atoms with Crippen LogP contribution in [0.25, 0.3) is 16.6 Å². The van der Waals surface area contributed by atoms with Gasteiger partial charge in [-0.1, -0.05) is 42.3 Å². The van der Waals surface area contributed by atoms with E-state index < -0.39 is 0 Å². The number of aromatic nitrogens is 1. The van der Waals surface area contributed by atoms with Crippen LogP contribution in [-0.4, -0.2) is 85.1 Å². The zero-order chi connectivity index (χ0) is 26.5. The molecule has 0 radical (unpaired) electrons. The Kier molecular flexibility index (Phi) is 9.11. The van der Waals surface area contributed by atoms with Crippen LogP contribution in [-0.2, 0) is 0 Å². The number of anilines is 1. The number of halogens is 2. The highest BCUT2D eigenvalue weighted by Crippen LogP contribution is 2.29. The van der Waals surface area contributed by atoms with Gasteiger partial charge in [0.25, 0.3) is 0 Å². The van der Waals surface area contributed by atoms with Crippen LogP contribution in [0.15, 0.2) is 54.7 Å². The molecule has 2 aromatic carbocycles. The predicted molar refractivity (Wildman–Crippen MR) is 162 cm³/mol. The third-order valence-electron chi connectivity index (χ3n) is 7.92. The normalized spacial score (nSPS) is 17.9. The summed E-state index contributed by atoms with van der Waals surface area (Å²) in [5.74, 6) is 0. The first-order valence-electron chi connectivity index (χ1n) is 14.0. The van der Waals surface area contributed by atoms with Crippen LogP contribution in [0.2, 0.25) is 10.0 Å². The number of allylic oxidation sites excluding steroid dienone is 1. The van der Waals surface area contributed by atoms with E-state index in [1.807, 2.05) is 24.4 Å². The fraction of sp³-hybridized carbons (Fsp3) is 0.452. The third-order valence-corrected chi connectivity index (χ3v) is 8.39. The first kappa shape index (κ1) is 27.3. The smallest absolute Gasteiger partial charge is 0.0737 e. The van der Waals surface area contributed by atoms with Crippen molar-refractivity contribution in [2.45, 2.75) is 26.7 Å². The number of piperazine rings is 2. The zero-order valence-corrected chi connectivity index (χ0v) is 24.2. The Bertz CT molecular complexity index is 1260. The number of hydrogen-bond donors (Lipinski definition) is 0. The molecule has 202 valence electrons. The number of rotatable bonds is 8. The Morgan fingerprint density at radius 1 is 0.842 bits per heavy atom. The summed E-state index contributed by atoms with van der Waals surface area (Å²) in [6.07, 6.45) is 6.54. The van der Waals surface area contributed by atoms with Gasteiger partial charge in [-0.25, -0.2) is 0 Å². The van der Waals surface area contributed by atoms with Gasteiger partial charge in [0.05, 0.1) is 5.52 Å². The van der Waals surface area contributed by atoms with Crippen LogP contribution in [0, 0.1) is 6.92 Å². The minimum absolute atomic E-state index is 0.739. The molecule has 3 heterocycles. The molecule has 5 rings (SSSR count). The van der Waals surface area contributed by atoms with E-state index in [0.717, 1.165) is 74.3 Å². The van der Waals surface area contributed by atoms with Crippen molar-refractivity contribution in [3.05, 3.63) is 75.9 Å². The number of fused-ring (bicyclic) bond motifs is 1. The summed E-state index contributed by atoms with van der Waals surface area (Å²) in [4.78, 5) is 14.8. The summed E-state index contributed by atoms with van der Waals surface area (Å²) in [6.45, 7) is 15.5. The zero-order valence-electron chi connectivity index (χ0n) is 22.7. The number of benzene rings is 2. The fourth-order valence-corrected chi connectivity index (χ4v) is 6.23. The average molecular weight is 553 g/mol. The van der Waals surface area contributed by atoms with Gasteiger partial charge in [0.2, 0.25) is 0 Å². The van der Waals surface area contributed by atoms with Gasteiger partial charge in [-0.3, -0.25) is 14.8 Å². The Hall–Kier alpha value is -2.31. The van der Waals surface area contributed by atoms with Crippen LogP contribution >= 0.6 is 23.2 Å². The summed E-state index contributed by atoms with van der Waals surface area (Å²) in [6, 6.07) is 14.4. The highest BCUT2D eigenvalue weighted by Gasteiger charge is 2.22. The molecule has 0 aliphatic carbocycles. The largest absolute Gasteiger partial charge is 0.369 e. The lowest BCUT2D eigenvalue weighted by Gasteiger charge is -2.39. The molecule has 0 unspecified atom stereocenters. The molecule has 2 aliphatic heterocycles. The summed E-state index contributed by atoms with van der Waals surface area (Å²) < 4.78 is 0. The van der Waals surface area contributed by atoms with E-state index in [-0.39, 0.29) is 0 Å². The molecule has 2 aliphatic rings. The second-order valence-electron chi connectivity index (χ2n) is 10.5. The van der Waals surface area contributed by atoms with Gasteiger partial charge in [-0.05, 0) is 74.8 Å². The molecule has 5 nitrogen and oxygen atoms in total. The van der Waals surface area contributed by atoms with Crippen molar-refractivity contribution in [2.75, 3.05) is 70.3 Å². The Balaban J connectivity index is 1.07. The van der Waals surface area contributed by atoms with Crippen LogP contribution < -0.4 is 4.90 Å². The molecule has 2 fully saturated rings. The van der Waals surface area contributed by atoms with Crippen LogP contribution in [0.1, 0.15) is 30.9 Å². The second kappa shape index (κ2) is 12.7. The maximum absolute atomic E-state index is 6.22. The average Bonchev–Trinajstić information content (AvgIpc) is 2.92. The van der Waals surface area contributed by atoms with Gasteiger partial charge in [-0.15, -0.1) is 0 Å². The van der Waals surface area contributed by atoms with E-state index in [1.165, 1.54) is 47.4 Å². The van der Waals surface area contributed by atoms with Crippen LogP contribution in [0.4, 0.5) is 5.69 Å². The predicted octanol–water partition coefficient (Wildman–Crippen LogP) is 6.43. The summed E-state index contributed by atoms with van der Waals surface area (Å²) >= 11 is 12.4. The van der Waals surface area contributed by atoms with Crippen molar-refractivity contribution >= 4 is 45.5 Å². The number of hydrogen-bond acceptors (Lipinski definition) is 5. The summed E-state index contributed by atoms with van der Waals surface area (Å²) in [5, 5.41) is 2.74. The fourth-order valence-electron chi connectivity index (χ4n) is 5.84. The number of aryl methyl sites for hydroxylation is 1. The van der Waals surface area contributed by atoms with Crippen molar-refractivity contribution < 1.29 is 0 Å². The number of pyridine rings is 1. The van der Waals surface area contributed by atoms with E-state index in [1.54, 1.807) is 0 Å². The van der Waals surface area contributed by atoms with Gasteiger partial charge in [0.15, 0.2) is 0 Å². The molecule has 3 aromatic rings. The Labute approximate surface area is 237 Å². The highest BCUT2D eigenvalue weighted by molar-refractivity contribution is 6.31. The van der Waals surface area contributed by atoms with Gasteiger partial charge in [-0.2, -0.15) is 0 Å². The lowest BCUT2D eigenvalue weighted by Crippen LogP contribution is -2.48. The van der Waals surface area contributed by atoms with E-state index in [4.69, 9.17) is 23.2 Å². The molecule has 0 atom stereocenters. The number of nitrogens with zero attached hydrogens (tertiary/aromatic N) is 5. The topological polar surface area (TPSA) is 25.9 Å². The van der Waals surface area contributed by atoms with Gasteiger partial charge >= 0.3 is 0 Å². The van der Waals surface area contributed by atoms with Gasteiger partial charge < -0.3 is 9.80 Å². The maximum Gasteiger partial charge on any atom is 0.0737 e. The summed E-state index contributed by atoms with van der Waals surface area (Å²) in [5.41, 5.74) is 6.17. The van der Waals surface area contributed by atoms with Crippen molar-refractivity contribution in [3.63, 3.8) is 0 Å². The molecule has 0 N–H and O–H groups in total. The quantitative estimate of drug-likeness (QED) is 0.321. The van der Waals surface area contributed by atoms with Crippen molar-refractivity contribution in [1.29, 1.82) is 0 Å². The van der Waals surface area contributed by atoms with Gasteiger partial charge in [0, 0.05) is 90.9 Å². The SMILES string of the molecule is CC/C=C(\c1ccc(Cl)cc1C)N1CCN(CCCN2CCN(c3ccnc4cc(Cl)ccc34)CC2)CC1. The summed E-state index contributed by atoms with van der Waals surface area (Å²) in [7, 11) is 0. The Morgan fingerprint density at radius 2 is 1.50 bits per heavy atom. The van der Waals surface area contributed by atoms with Crippen molar-refractivity contribution in [1.82, 2.24) is 19.7 Å². The molecule has 0 bridgehead atoms. The minimum Gasteiger partial charge on any atom is -0.369 e. The standard InChI is InChI=1S/C31H39Cl2N5/c1-3-5-30(27-8-6-25(32)22-24(27)2)37-18-14-35(15-19-37)12-4-13-36-16-20-38(21-17-36)31-10-11-34-29-23-26(33)7-9-28(29)31/h5-11,22-23H,3-4,12-21H2,1-2H3/b30-5+. The van der Waals surface area contributed by atoms with E-state index in [0.29, 0.717) is 0 Å². The van der Waals surface area contributed by atoms with Gasteiger partial charge in [0.1, 0.15) is 0 Å².